The molecule has 1 aliphatic rings. The smallest absolute Gasteiger partial charge is 0.363 e. The van der Waals surface area contributed by atoms with Crippen LogP contribution >= 0.6 is 0 Å². The molecule has 1 aromatic heterocycles. The molecule has 6 heteroatoms. The van der Waals surface area contributed by atoms with Crippen LogP contribution in [0, 0.1) is 10.1 Å². The normalized spacial score (nSPS) is 24.8. The van der Waals surface area contributed by atoms with Crippen molar-refractivity contribution in [1.29, 1.82) is 0 Å². The van der Waals surface area contributed by atoms with Crippen LogP contribution in [0.4, 0.5) is 11.5 Å². The molecule has 1 aromatic rings. The molecule has 1 aliphatic heterocycles. The van der Waals surface area contributed by atoms with Gasteiger partial charge < -0.3 is 20.7 Å². The Labute approximate surface area is 93.2 Å². The van der Waals surface area contributed by atoms with Gasteiger partial charge in [0.2, 0.25) is 0 Å². The van der Waals surface area contributed by atoms with Crippen molar-refractivity contribution >= 4 is 11.5 Å². The Morgan fingerprint density at radius 1 is 1.62 bits per heavy atom. The van der Waals surface area contributed by atoms with Gasteiger partial charge in [-0.25, -0.2) is 0 Å². The van der Waals surface area contributed by atoms with E-state index in [0.29, 0.717) is 0 Å². The molecule has 0 aromatic carbocycles. The lowest BCUT2D eigenvalue weighted by Gasteiger charge is -2.23. The second kappa shape index (κ2) is 4.05. The highest BCUT2D eigenvalue weighted by Gasteiger charge is 2.28. The molecule has 0 bridgehead atoms. The van der Waals surface area contributed by atoms with Crippen LogP contribution in [-0.4, -0.2) is 28.5 Å². The molecular formula is C10H14N4O2. The van der Waals surface area contributed by atoms with Gasteiger partial charge in [0.1, 0.15) is 0 Å². The lowest BCUT2D eigenvalue weighted by Crippen LogP contribution is -2.36. The highest BCUT2D eigenvalue weighted by Crippen LogP contribution is 2.24. The summed E-state index contributed by atoms with van der Waals surface area (Å²) in [7, 11) is 0. The van der Waals surface area contributed by atoms with Crippen molar-refractivity contribution in [2.75, 3.05) is 11.4 Å². The third kappa shape index (κ3) is 1.83. The van der Waals surface area contributed by atoms with Gasteiger partial charge in [-0.2, -0.15) is 0 Å². The molecule has 0 radical (unpaired) electrons. The van der Waals surface area contributed by atoms with Crippen LogP contribution in [-0.2, 0) is 0 Å². The maximum absolute atomic E-state index is 10.5. The van der Waals surface area contributed by atoms with Gasteiger partial charge in [-0.05, 0) is 29.3 Å². The first-order chi connectivity index (χ1) is 7.59. The van der Waals surface area contributed by atoms with E-state index in [0.717, 1.165) is 18.7 Å². The molecule has 6 nitrogen and oxygen atoms in total. The minimum absolute atomic E-state index is 0.125. The minimum Gasteiger partial charge on any atom is -0.364 e. The molecule has 1 saturated heterocycles. The summed E-state index contributed by atoms with van der Waals surface area (Å²) in [6.45, 7) is 2.93. The fraction of sp³-hybridized carbons (Fsp3) is 0.500. The topological polar surface area (TPSA) is 85.3 Å². The monoisotopic (exact) mass is 222 g/mol. The van der Waals surface area contributed by atoms with E-state index in [2.05, 4.69) is 16.8 Å². The van der Waals surface area contributed by atoms with E-state index in [1.165, 1.54) is 12.3 Å². The Hall–Kier alpha value is -1.69. The van der Waals surface area contributed by atoms with Crippen LogP contribution in [0.2, 0.25) is 0 Å². The number of rotatable bonds is 2. The van der Waals surface area contributed by atoms with Crippen LogP contribution in [0.5, 0.6) is 0 Å². The summed E-state index contributed by atoms with van der Waals surface area (Å²) in [6.07, 6.45) is 2.48. The predicted molar refractivity (Wildman–Crippen MR) is 60.3 cm³/mol. The van der Waals surface area contributed by atoms with Gasteiger partial charge in [0.05, 0.1) is 5.69 Å². The maximum atomic E-state index is 10.5. The number of nitro groups is 1. The first-order valence-electron chi connectivity index (χ1n) is 5.22. The Kier molecular flexibility index (Phi) is 2.74. The second-order valence-electron chi connectivity index (χ2n) is 4.02. The van der Waals surface area contributed by atoms with E-state index < -0.39 is 4.92 Å². The van der Waals surface area contributed by atoms with Crippen molar-refractivity contribution in [3.63, 3.8) is 0 Å². The first-order valence-corrected chi connectivity index (χ1v) is 5.22. The van der Waals surface area contributed by atoms with Gasteiger partial charge in [-0.15, -0.1) is 0 Å². The molecule has 0 saturated carbocycles. The number of nitrogens with zero attached hydrogens (tertiary/aromatic N) is 3. The summed E-state index contributed by atoms with van der Waals surface area (Å²) in [4.78, 5) is 15.9. The number of nitrogens with two attached hydrogens (primary N) is 1. The Bertz CT molecular complexity index is 392. The summed E-state index contributed by atoms with van der Waals surface area (Å²) < 4.78 is 0. The van der Waals surface area contributed by atoms with Crippen LogP contribution in [0.25, 0.3) is 0 Å². The molecule has 0 aliphatic carbocycles. The average Bonchev–Trinajstić information content (AvgIpc) is 2.60. The highest BCUT2D eigenvalue weighted by atomic mass is 16.6. The summed E-state index contributed by atoms with van der Waals surface area (Å²) >= 11 is 0. The van der Waals surface area contributed by atoms with Crippen LogP contribution in [0.15, 0.2) is 18.3 Å². The summed E-state index contributed by atoms with van der Waals surface area (Å²) in [5.74, 6) is -0.125. The number of anilines is 1. The summed E-state index contributed by atoms with van der Waals surface area (Å²) in [5, 5.41) is 10.5. The zero-order valence-corrected chi connectivity index (χ0v) is 9.04. The van der Waals surface area contributed by atoms with Gasteiger partial charge >= 0.3 is 5.82 Å². The molecule has 2 N–H and O–H groups in total. The Morgan fingerprint density at radius 3 is 2.81 bits per heavy atom. The zero-order valence-electron chi connectivity index (χ0n) is 9.04. The van der Waals surface area contributed by atoms with Gasteiger partial charge in [0.25, 0.3) is 0 Å². The second-order valence-corrected chi connectivity index (χ2v) is 4.02. The third-order valence-corrected chi connectivity index (χ3v) is 3.07. The maximum Gasteiger partial charge on any atom is 0.363 e. The molecule has 2 heterocycles. The fourth-order valence-electron chi connectivity index (χ4n) is 1.98. The molecule has 2 atom stereocenters. The van der Waals surface area contributed by atoms with E-state index in [1.54, 1.807) is 6.07 Å². The lowest BCUT2D eigenvalue weighted by atomic mass is 10.1. The molecule has 2 rings (SSSR count). The summed E-state index contributed by atoms with van der Waals surface area (Å²) in [5.41, 5.74) is 6.81. The van der Waals surface area contributed by atoms with E-state index in [-0.39, 0.29) is 17.9 Å². The van der Waals surface area contributed by atoms with Crippen molar-refractivity contribution in [1.82, 2.24) is 4.98 Å². The molecule has 0 spiro atoms. The highest BCUT2D eigenvalue weighted by molar-refractivity contribution is 5.48. The van der Waals surface area contributed by atoms with Crippen LogP contribution in [0.1, 0.15) is 13.3 Å². The van der Waals surface area contributed by atoms with E-state index >= 15 is 0 Å². The molecule has 0 amide bonds. The predicted octanol–water partition coefficient (Wildman–Crippen LogP) is 0.916. The quantitative estimate of drug-likeness (QED) is 0.594. The Morgan fingerprint density at radius 2 is 2.38 bits per heavy atom. The largest absolute Gasteiger partial charge is 0.364 e. The average molecular weight is 222 g/mol. The first kappa shape index (κ1) is 10.8. The minimum atomic E-state index is -0.497. The van der Waals surface area contributed by atoms with Crippen LogP contribution < -0.4 is 10.6 Å². The lowest BCUT2D eigenvalue weighted by molar-refractivity contribution is -0.389. The zero-order chi connectivity index (χ0) is 11.7. The fourth-order valence-corrected chi connectivity index (χ4v) is 1.98. The van der Waals surface area contributed by atoms with Crippen LogP contribution in [0.3, 0.4) is 0 Å². The Balaban J connectivity index is 2.19. The molecule has 86 valence electrons. The van der Waals surface area contributed by atoms with E-state index in [9.17, 15) is 10.1 Å². The van der Waals surface area contributed by atoms with E-state index in [1.807, 2.05) is 0 Å². The number of aromatic nitrogens is 1. The number of pyridine rings is 1. The van der Waals surface area contributed by atoms with Crippen molar-refractivity contribution in [2.24, 2.45) is 5.73 Å². The van der Waals surface area contributed by atoms with Gasteiger partial charge in [0, 0.05) is 24.7 Å². The van der Waals surface area contributed by atoms with Crippen molar-refractivity contribution in [3.05, 3.63) is 28.4 Å². The number of hydrogen-bond acceptors (Lipinski definition) is 5. The molecular weight excluding hydrogens is 208 g/mol. The molecule has 1 fully saturated rings. The van der Waals surface area contributed by atoms with E-state index in [4.69, 9.17) is 5.73 Å². The van der Waals surface area contributed by atoms with Gasteiger partial charge in [-0.1, -0.05) is 0 Å². The van der Waals surface area contributed by atoms with Gasteiger partial charge in [0.15, 0.2) is 6.20 Å². The standard InChI is InChI=1S/C10H14N4O2/c1-7-9(11)4-5-13(7)8-2-3-10(12-6-8)14(15)16/h2-3,6-7,9H,4-5,11H2,1H3. The molecule has 2 unspecified atom stereocenters. The van der Waals surface area contributed by atoms with Gasteiger partial charge in [-0.3, -0.25) is 0 Å². The van der Waals surface area contributed by atoms with Crippen molar-refractivity contribution in [3.8, 4) is 0 Å². The third-order valence-electron chi connectivity index (χ3n) is 3.07. The summed E-state index contributed by atoms with van der Waals surface area (Å²) in [6, 6.07) is 3.56. The molecule has 16 heavy (non-hydrogen) atoms. The van der Waals surface area contributed by atoms with Crippen molar-refractivity contribution < 1.29 is 4.92 Å². The van der Waals surface area contributed by atoms with Crippen molar-refractivity contribution in [2.45, 2.75) is 25.4 Å². The number of hydrogen-bond donors (Lipinski definition) is 1. The SMILES string of the molecule is CC1C(N)CCN1c1ccc([N+](=O)[O-])nc1.